The van der Waals surface area contributed by atoms with Gasteiger partial charge in [0.1, 0.15) is 5.75 Å². The van der Waals surface area contributed by atoms with Crippen LogP contribution in [0.3, 0.4) is 0 Å². The third-order valence-electron chi connectivity index (χ3n) is 1.99. The highest BCUT2D eigenvalue weighted by atomic mass is 127. The molecule has 0 bridgehead atoms. The summed E-state index contributed by atoms with van der Waals surface area (Å²) in [6.07, 6.45) is 3.73. The number of nitrogens with zero attached hydrogens (tertiary/aromatic N) is 2. The Hall–Kier alpha value is -1.22. The summed E-state index contributed by atoms with van der Waals surface area (Å²) in [7, 11) is -3.38. The van der Waals surface area contributed by atoms with Gasteiger partial charge in [-0.05, 0) is 46.9 Å². The van der Waals surface area contributed by atoms with Crippen molar-refractivity contribution in [3.05, 3.63) is 40.2 Å². The van der Waals surface area contributed by atoms with Gasteiger partial charge in [-0.15, -0.1) is 0 Å². The molecule has 0 unspecified atom stereocenters. The molecule has 0 atom stereocenters. The second kappa shape index (κ2) is 5.19. The summed E-state index contributed by atoms with van der Waals surface area (Å²) in [5.41, 5.74) is 0. The molecule has 7 heteroatoms. The van der Waals surface area contributed by atoms with Crippen LogP contribution in [-0.2, 0) is 9.84 Å². The van der Waals surface area contributed by atoms with Gasteiger partial charge in [0.15, 0.2) is 5.75 Å². The zero-order valence-electron chi connectivity index (χ0n) is 9.37. The second-order valence-corrected chi connectivity index (χ2v) is 6.68. The molecule has 1 heterocycles. The molecule has 0 aliphatic heterocycles. The first-order valence-electron chi connectivity index (χ1n) is 4.91. The lowest BCUT2D eigenvalue weighted by Gasteiger charge is -2.05. The standard InChI is InChI=1S/C11H9IN2O3S/c1-18(15,16)11-13-6-10(7-14-11)17-9-4-2-8(12)3-5-9/h2-7H,1H3. The van der Waals surface area contributed by atoms with E-state index in [2.05, 4.69) is 32.6 Å². The van der Waals surface area contributed by atoms with E-state index in [4.69, 9.17) is 4.74 Å². The van der Waals surface area contributed by atoms with Crippen molar-refractivity contribution >= 4 is 32.4 Å². The van der Waals surface area contributed by atoms with E-state index in [0.29, 0.717) is 11.5 Å². The highest BCUT2D eigenvalue weighted by Gasteiger charge is 2.10. The Bertz CT molecular complexity index is 639. The predicted molar refractivity (Wildman–Crippen MR) is 74.4 cm³/mol. The fraction of sp³-hybridized carbons (Fsp3) is 0.0909. The van der Waals surface area contributed by atoms with Crippen LogP contribution < -0.4 is 4.74 Å². The molecule has 0 saturated heterocycles. The van der Waals surface area contributed by atoms with E-state index in [-0.39, 0.29) is 5.16 Å². The maximum Gasteiger partial charge on any atom is 0.246 e. The molecule has 0 N–H and O–H groups in total. The Morgan fingerprint density at radius 3 is 2.11 bits per heavy atom. The zero-order valence-corrected chi connectivity index (χ0v) is 12.3. The van der Waals surface area contributed by atoms with Crippen molar-refractivity contribution in [2.24, 2.45) is 0 Å². The van der Waals surface area contributed by atoms with Crippen molar-refractivity contribution in [1.82, 2.24) is 9.97 Å². The number of sulfone groups is 1. The van der Waals surface area contributed by atoms with Crippen molar-refractivity contribution in [2.75, 3.05) is 6.26 Å². The van der Waals surface area contributed by atoms with Crippen molar-refractivity contribution in [2.45, 2.75) is 5.16 Å². The smallest absolute Gasteiger partial charge is 0.246 e. The Kier molecular flexibility index (Phi) is 3.81. The lowest BCUT2D eigenvalue weighted by Crippen LogP contribution is -2.03. The molecule has 0 aliphatic carbocycles. The van der Waals surface area contributed by atoms with Gasteiger partial charge in [-0.2, -0.15) is 0 Å². The molecule has 5 nitrogen and oxygen atoms in total. The van der Waals surface area contributed by atoms with E-state index in [1.54, 1.807) is 0 Å². The summed E-state index contributed by atoms with van der Waals surface area (Å²) in [5, 5.41) is -0.211. The molecule has 0 amide bonds. The molecule has 0 fully saturated rings. The third kappa shape index (κ3) is 3.39. The van der Waals surface area contributed by atoms with Gasteiger partial charge in [0, 0.05) is 9.83 Å². The molecule has 1 aromatic carbocycles. The average molecular weight is 376 g/mol. The topological polar surface area (TPSA) is 69.2 Å². The maximum absolute atomic E-state index is 11.2. The summed E-state index contributed by atoms with van der Waals surface area (Å²) >= 11 is 2.19. The first kappa shape index (κ1) is 13.2. The molecular formula is C11H9IN2O3S. The Labute approximate surface area is 118 Å². The molecule has 0 radical (unpaired) electrons. The molecule has 0 aliphatic rings. The van der Waals surface area contributed by atoms with E-state index in [9.17, 15) is 8.42 Å². The summed E-state index contributed by atoms with van der Waals surface area (Å²) in [4.78, 5) is 7.48. The number of aromatic nitrogens is 2. The Morgan fingerprint density at radius 2 is 1.61 bits per heavy atom. The van der Waals surface area contributed by atoms with Crippen LogP contribution in [0.4, 0.5) is 0 Å². The van der Waals surface area contributed by atoms with Crippen LogP contribution in [0, 0.1) is 3.57 Å². The molecule has 2 aromatic rings. The van der Waals surface area contributed by atoms with E-state index in [1.807, 2.05) is 24.3 Å². The third-order valence-corrected chi connectivity index (χ3v) is 3.58. The number of ether oxygens (including phenoxy) is 1. The normalized spacial score (nSPS) is 11.2. The number of halogens is 1. The molecule has 0 spiro atoms. The average Bonchev–Trinajstić information content (AvgIpc) is 2.32. The van der Waals surface area contributed by atoms with Crippen molar-refractivity contribution in [3.8, 4) is 11.5 Å². The predicted octanol–water partition coefficient (Wildman–Crippen LogP) is 2.28. The second-order valence-electron chi connectivity index (χ2n) is 3.53. The number of rotatable bonds is 3. The van der Waals surface area contributed by atoms with Crippen LogP contribution in [-0.4, -0.2) is 24.6 Å². The first-order valence-corrected chi connectivity index (χ1v) is 7.88. The first-order chi connectivity index (χ1) is 8.45. The van der Waals surface area contributed by atoms with Crippen LogP contribution in [0.25, 0.3) is 0 Å². The van der Waals surface area contributed by atoms with Gasteiger partial charge < -0.3 is 4.74 Å². The van der Waals surface area contributed by atoms with Crippen LogP contribution in [0.2, 0.25) is 0 Å². The van der Waals surface area contributed by atoms with E-state index in [0.717, 1.165) is 9.83 Å². The number of hydrogen-bond donors (Lipinski definition) is 0. The Morgan fingerprint density at radius 1 is 1.06 bits per heavy atom. The van der Waals surface area contributed by atoms with E-state index in [1.165, 1.54) is 12.4 Å². The highest BCUT2D eigenvalue weighted by Crippen LogP contribution is 2.21. The van der Waals surface area contributed by atoms with Crippen molar-refractivity contribution < 1.29 is 13.2 Å². The number of benzene rings is 1. The zero-order chi connectivity index (χ0) is 13.2. The minimum absolute atomic E-state index is 0.211. The largest absolute Gasteiger partial charge is 0.454 e. The van der Waals surface area contributed by atoms with Crippen LogP contribution in [0.1, 0.15) is 0 Å². The van der Waals surface area contributed by atoms with Gasteiger partial charge >= 0.3 is 0 Å². The fourth-order valence-electron chi connectivity index (χ4n) is 1.19. The van der Waals surface area contributed by atoms with Gasteiger partial charge in [0.2, 0.25) is 15.0 Å². The molecule has 18 heavy (non-hydrogen) atoms. The molecular weight excluding hydrogens is 367 g/mol. The molecule has 2 rings (SSSR count). The van der Waals surface area contributed by atoms with Crippen LogP contribution >= 0.6 is 22.6 Å². The van der Waals surface area contributed by atoms with E-state index >= 15 is 0 Å². The summed E-state index contributed by atoms with van der Waals surface area (Å²) in [6.45, 7) is 0. The molecule has 0 saturated carbocycles. The summed E-state index contributed by atoms with van der Waals surface area (Å²) in [5.74, 6) is 1.04. The summed E-state index contributed by atoms with van der Waals surface area (Å²) in [6, 6.07) is 7.43. The SMILES string of the molecule is CS(=O)(=O)c1ncc(Oc2ccc(I)cc2)cn1. The molecule has 1 aromatic heterocycles. The monoisotopic (exact) mass is 376 g/mol. The Balaban J connectivity index is 2.18. The van der Waals surface area contributed by atoms with Gasteiger partial charge in [0.05, 0.1) is 12.4 Å². The lowest BCUT2D eigenvalue weighted by molar-refractivity contribution is 0.474. The number of hydrogen-bond acceptors (Lipinski definition) is 5. The summed E-state index contributed by atoms with van der Waals surface area (Å²) < 4.78 is 28.9. The van der Waals surface area contributed by atoms with Crippen molar-refractivity contribution in [1.29, 1.82) is 0 Å². The van der Waals surface area contributed by atoms with Crippen LogP contribution in [0.15, 0.2) is 41.8 Å². The lowest BCUT2D eigenvalue weighted by atomic mass is 10.3. The minimum atomic E-state index is -3.38. The van der Waals surface area contributed by atoms with Crippen molar-refractivity contribution in [3.63, 3.8) is 0 Å². The molecule has 94 valence electrons. The van der Waals surface area contributed by atoms with Crippen LogP contribution in [0.5, 0.6) is 11.5 Å². The van der Waals surface area contributed by atoms with Gasteiger partial charge in [-0.1, -0.05) is 0 Å². The fourth-order valence-corrected chi connectivity index (χ4v) is 2.04. The van der Waals surface area contributed by atoms with Gasteiger partial charge in [-0.25, -0.2) is 18.4 Å². The minimum Gasteiger partial charge on any atom is -0.454 e. The maximum atomic E-state index is 11.2. The quantitative estimate of drug-likeness (QED) is 0.607. The van der Waals surface area contributed by atoms with E-state index < -0.39 is 9.84 Å². The van der Waals surface area contributed by atoms with Gasteiger partial charge in [0.25, 0.3) is 0 Å². The highest BCUT2D eigenvalue weighted by molar-refractivity contribution is 14.1. The van der Waals surface area contributed by atoms with Gasteiger partial charge in [-0.3, -0.25) is 0 Å².